The molecule has 0 radical (unpaired) electrons. The van der Waals surface area contributed by atoms with Gasteiger partial charge in [0.25, 0.3) is 0 Å². The van der Waals surface area contributed by atoms with E-state index in [1.54, 1.807) is 30.3 Å². The molecule has 2 aliphatic rings. The third-order valence-electron chi connectivity index (χ3n) is 6.00. The van der Waals surface area contributed by atoms with E-state index in [0.717, 1.165) is 6.07 Å². The molecule has 0 unspecified atom stereocenters. The molecule has 0 saturated carbocycles. The number of ketones is 1. The van der Waals surface area contributed by atoms with E-state index in [1.165, 1.54) is 19.2 Å². The van der Waals surface area contributed by atoms with Gasteiger partial charge in [0.15, 0.2) is 47.4 Å². The molecule has 2 heterocycles. The van der Waals surface area contributed by atoms with Crippen LogP contribution in [-0.4, -0.2) is 57.2 Å². The lowest BCUT2D eigenvalue weighted by Gasteiger charge is -2.35. The van der Waals surface area contributed by atoms with Crippen LogP contribution in [0.25, 0.3) is 0 Å². The van der Waals surface area contributed by atoms with Gasteiger partial charge in [0, 0.05) is 17.7 Å². The van der Waals surface area contributed by atoms with E-state index < -0.39 is 35.9 Å². The topological polar surface area (TPSA) is 155 Å². The number of aliphatic hydroxyl groups is 2. The number of phenolic OH excluding ortho intramolecular Hbond substituents is 3. The van der Waals surface area contributed by atoms with E-state index in [1.807, 2.05) is 0 Å². The minimum atomic E-state index is -1.62. The minimum absolute atomic E-state index is 0.0540. The summed E-state index contributed by atoms with van der Waals surface area (Å²) in [6.07, 6.45) is -4.28. The van der Waals surface area contributed by atoms with Crippen molar-refractivity contribution in [1.29, 1.82) is 0 Å². The number of carbonyl (C=O) groups is 1. The van der Waals surface area contributed by atoms with Gasteiger partial charge in [-0.25, -0.2) is 0 Å². The molecule has 5 rings (SSSR count). The van der Waals surface area contributed by atoms with Crippen molar-refractivity contribution in [2.24, 2.45) is 0 Å². The van der Waals surface area contributed by atoms with Gasteiger partial charge >= 0.3 is 0 Å². The first-order valence-corrected chi connectivity index (χ1v) is 10.7. The molecule has 2 aliphatic heterocycles. The molecule has 4 atom stereocenters. The number of aromatic hydroxyl groups is 3. The fourth-order valence-corrected chi connectivity index (χ4v) is 4.28. The Balaban J connectivity index is 1.49. The highest BCUT2D eigenvalue weighted by atomic mass is 16.6. The van der Waals surface area contributed by atoms with Gasteiger partial charge in [-0.3, -0.25) is 4.79 Å². The molecule has 3 aromatic carbocycles. The van der Waals surface area contributed by atoms with Gasteiger partial charge in [0.1, 0.15) is 22.8 Å². The number of rotatable bonds is 4. The summed E-state index contributed by atoms with van der Waals surface area (Å²) in [6.45, 7) is -0.349. The average molecular weight is 482 g/mol. The number of benzene rings is 3. The molecular formula is C25H22O10. The summed E-state index contributed by atoms with van der Waals surface area (Å²) in [5.41, 5.74) is 0.751. The van der Waals surface area contributed by atoms with Crippen LogP contribution < -0.4 is 18.9 Å². The van der Waals surface area contributed by atoms with Crippen molar-refractivity contribution < 1.29 is 49.3 Å². The molecule has 35 heavy (non-hydrogen) atoms. The monoisotopic (exact) mass is 482 g/mol. The van der Waals surface area contributed by atoms with Crippen LogP contribution in [0.4, 0.5) is 0 Å². The Morgan fingerprint density at radius 1 is 0.829 bits per heavy atom. The SMILES string of the molecule is COc1cc([C@H]2Oc3cc([C@@H]4Oc5cc(O)cc(O)c5C(=O)[C@@H]4O)ccc3O[C@@H]2CO)ccc1O. The fraction of sp³-hybridized carbons (Fsp3) is 0.240. The predicted octanol–water partition coefficient (Wildman–Crippen LogP) is 2.36. The van der Waals surface area contributed by atoms with Crippen molar-refractivity contribution in [3.63, 3.8) is 0 Å². The Morgan fingerprint density at radius 3 is 2.29 bits per heavy atom. The molecule has 5 N–H and O–H groups in total. The zero-order valence-corrected chi connectivity index (χ0v) is 18.4. The Bertz CT molecular complexity index is 1300. The van der Waals surface area contributed by atoms with Crippen LogP contribution in [-0.2, 0) is 0 Å². The smallest absolute Gasteiger partial charge is 0.202 e. The van der Waals surface area contributed by atoms with Crippen LogP contribution in [0.5, 0.6) is 40.2 Å². The van der Waals surface area contributed by atoms with Crippen LogP contribution in [0.15, 0.2) is 48.5 Å². The molecule has 0 amide bonds. The zero-order chi connectivity index (χ0) is 24.9. The quantitative estimate of drug-likeness (QED) is 0.374. The third kappa shape index (κ3) is 3.82. The van der Waals surface area contributed by atoms with E-state index in [-0.39, 0.29) is 40.9 Å². The Hall–Kier alpha value is -4.15. The lowest BCUT2D eigenvalue weighted by atomic mass is 9.92. The highest BCUT2D eigenvalue weighted by molar-refractivity contribution is 6.05. The minimum Gasteiger partial charge on any atom is -0.508 e. The highest BCUT2D eigenvalue weighted by Gasteiger charge is 2.40. The summed E-state index contributed by atoms with van der Waals surface area (Å²) in [6, 6.07) is 11.5. The number of hydrogen-bond acceptors (Lipinski definition) is 10. The van der Waals surface area contributed by atoms with Crippen LogP contribution >= 0.6 is 0 Å². The summed E-state index contributed by atoms with van der Waals surface area (Å²) in [5, 5.41) is 50.2. The number of Topliss-reactive ketones (excluding diaryl/α,β-unsaturated/α-hetero) is 1. The first-order chi connectivity index (χ1) is 16.8. The summed E-state index contributed by atoms with van der Waals surface area (Å²) in [7, 11) is 1.41. The molecule has 0 saturated heterocycles. The molecule has 10 nitrogen and oxygen atoms in total. The van der Waals surface area contributed by atoms with Crippen molar-refractivity contribution in [3.8, 4) is 40.2 Å². The summed E-state index contributed by atoms with van der Waals surface area (Å²) >= 11 is 0. The summed E-state index contributed by atoms with van der Waals surface area (Å²) < 4.78 is 23.0. The Morgan fingerprint density at radius 2 is 1.54 bits per heavy atom. The third-order valence-corrected chi connectivity index (χ3v) is 6.00. The number of ether oxygens (including phenoxy) is 4. The summed E-state index contributed by atoms with van der Waals surface area (Å²) in [4.78, 5) is 12.7. The van der Waals surface area contributed by atoms with Crippen molar-refractivity contribution in [2.45, 2.75) is 24.4 Å². The van der Waals surface area contributed by atoms with Gasteiger partial charge in [-0.1, -0.05) is 12.1 Å². The molecule has 0 bridgehead atoms. The van der Waals surface area contributed by atoms with E-state index in [2.05, 4.69) is 0 Å². The molecule has 10 heteroatoms. The molecule has 182 valence electrons. The number of methoxy groups -OCH3 is 1. The van der Waals surface area contributed by atoms with Crippen LogP contribution in [0.1, 0.15) is 33.7 Å². The number of fused-ring (bicyclic) bond motifs is 2. The number of phenols is 3. The average Bonchev–Trinajstić information content (AvgIpc) is 2.85. The van der Waals surface area contributed by atoms with Crippen molar-refractivity contribution in [2.75, 3.05) is 13.7 Å². The largest absolute Gasteiger partial charge is 0.508 e. The first-order valence-electron chi connectivity index (χ1n) is 10.7. The standard InChI is InChI=1S/C25H22O10/c1-32-17-6-11(2-4-14(17)28)24-20(10-26)33-16-5-3-12(7-18(16)34-24)25-23(31)22(30)21-15(29)8-13(27)9-19(21)35-25/h2-9,20,23-29,31H,10H2,1H3/t20-,23+,24-,25+/m1/s1. The molecule has 0 aliphatic carbocycles. The van der Waals surface area contributed by atoms with Crippen LogP contribution in [0.3, 0.4) is 0 Å². The lowest BCUT2D eigenvalue weighted by Crippen LogP contribution is -2.37. The maximum absolute atomic E-state index is 12.7. The first kappa shape index (κ1) is 22.6. The van der Waals surface area contributed by atoms with Gasteiger partial charge in [0.05, 0.1) is 13.7 Å². The van der Waals surface area contributed by atoms with Crippen molar-refractivity contribution in [3.05, 3.63) is 65.2 Å². The second kappa shape index (κ2) is 8.57. The number of hydrogen-bond donors (Lipinski definition) is 5. The fourth-order valence-electron chi connectivity index (χ4n) is 4.28. The molecule has 3 aromatic rings. The zero-order valence-electron chi connectivity index (χ0n) is 18.4. The second-order valence-corrected chi connectivity index (χ2v) is 8.20. The van der Waals surface area contributed by atoms with Gasteiger partial charge in [-0.05, 0) is 29.8 Å². The van der Waals surface area contributed by atoms with E-state index in [0.29, 0.717) is 16.9 Å². The van der Waals surface area contributed by atoms with Gasteiger partial charge in [-0.15, -0.1) is 0 Å². The molecule has 0 spiro atoms. The summed E-state index contributed by atoms with van der Waals surface area (Å²) in [5.74, 6) is -0.823. The second-order valence-electron chi connectivity index (χ2n) is 8.20. The van der Waals surface area contributed by atoms with Crippen LogP contribution in [0, 0.1) is 0 Å². The van der Waals surface area contributed by atoms with Crippen molar-refractivity contribution in [1.82, 2.24) is 0 Å². The molecule has 0 aromatic heterocycles. The van der Waals surface area contributed by atoms with E-state index in [4.69, 9.17) is 18.9 Å². The maximum Gasteiger partial charge on any atom is 0.202 e. The predicted molar refractivity (Wildman–Crippen MR) is 119 cm³/mol. The van der Waals surface area contributed by atoms with Gasteiger partial charge < -0.3 is 44.5 Å². The highest BCUT2D eigenvalue weighted by Crippen LogP contribution is 2.45. The van der Waals surface area contributed by atoms with Gasteiger partial charge in [0.2, 0.25) is 5.78 Å². The normalized spacial score (nSPS) is 22.8. The number of carbonyl (C=O) groups excluding carboxylic acids is 1. The van der Waals surface area contributed by atoms with E-state index in [9.17, 15) is 30.3 Å². The Kier molecular flexibility index (Phi) is 5.54. The molecular weight excluding hydrogens is 460 g/mol. The van der Waals surface area contributed by atoms with E-state index >= 15 is 0 Å². The number of aliphatic hydroxyl groups excluding tert-OH is 2. The Labute approximate surface area is 199 Å². The van der Waals surface area contributed by atoms with Gasteiger partial charge in [-0.2, -0.15) is 0 Å². The lowest BCUT2D eigenvalue weighted by molar-refractivity contribution is -0.0130. The maximum atomic E-state index is 12.7. The molecule has 0 fully saturated rings. The van der Waals surface area contributed by atoms with Crippen LogP contribution in [0.2, 0.25) is 0 Å². The van der Waals surface area contributed by atoms with Crippen molar-refractivity contribution >= 4 is 5.78 Å².